The fourth-order valence-electron chi connectivity index (χ4n) is 0.799. The van der Waals surface area contributed by atoms with Crippen molar-refractivity contribution >= 4 is 21.8 Å². The van der Waals surface area contributed by atoms with Gasteiger partial charge >= 0.3 is 0 Å². The van der Waals surface area contributed by atoms with E-state index in [0.29, 0.717) is 0 Å². The first kappa shape index (κ1) is 9.95. The van der Waals surface area contributed by atoms with Gasteiger partial charge in [0.1, 0.15) is 0 Å². The highest BCUT2D eigenvalue weighted by molar-refractivity contribution is 9.09. The molecule has 1 amide bonds. The van der Waals surface area contributed by atoms with Gasteiger partial charge in [-0.3, -0.25) is 4.79 Å². The fraction of sp³-hybridized carbons (Fsp3) is 0.857. The molecule has 0 aliphatic rings. The second-order valence-corrected chi connectivity index (χ2v) is 2.99. The Labute approximate surface area is 70.7 Å². The molecule has 0 aromatic rings. The zero-order chi connectivity index (χ0) is 7.98. The van der Waals surface area contributed by atoms with Crippen LogP contribution in [0.15, 0.2) is 0 Å². The van der Waals surface area contributed by atoms with Crippen LogP contribution in [0.3, 0.4) is 0 Å². The average Bonchev–Trinajstić information content (AvgIpc) is 1.87. The number of carbonyl (C=O) groups is 1. The quantitative estimate of drug-likeness (QED) is 0.643. The minimum absolute atomic E-state index is 0.168. The molecular formula is C7H14BrNO. The number of alkyl halides is 1. The van der Waals surface area contributed by atoms with E-state index in [9.17, 15) is 4.79 Å². The molecule has 0 saturated carbocycles. The normalized spacial score (nSPS) is 9.50. The summed E-state index contributed by atoms with van der Waals surface area (Å²) < 4.78 is 0. The van der Waals surface area contributed by atoms with Gasteiger partial charge in [-0.1, -0.05) is 22.9 Å². The van der Waals surface area contributed by atoms with Gasteiger partial charge in [-0.25, -0.2) is 0 Å². The molecular weight excluding hydrogens is 194 g/mol. The van der Waals surface area contributed by atoms with E-state index in [-0.39, 0.29) is 5.91 Å². The van der Waals surface area contributed by atoms with Gasteiger partial charge in [-0.05, 0) is 6.42 Å². The lowest BCUT2D eigenvalue weighted by Crippen LogP contribution is -2.31. The third-order valence-electron chi connectivity index (χ3n) is 1.29. The van der Waals surface area contributed by atoms with Crippen LogP contribution < -0.4 is 0 Å². The van der Waals surface area contributed by atoms with Crippen LogP contribution in [0, 0.1) is 0 Å². The van der Waals surface area contributed by atoms with E-state index in [1.165, 1.54) is 0 Å². The molecule has 0 atom stereocenters. The van der Waals surface area contributed by atoms with Crippen molar-refractivity contribution in [2.75, 3.05) is 18.4 Å². The van der Waals surface area contributed by atoms with Crippen LogP contribution in [0.2, 0.25) is 0 Å². The molecule has 10 heavy (non-hydrogen) atoms. The Morgan fingerprint density at radius 3 is 2.40 bits per heavy atom. The number of hydrogen-bond acceptors (Lipinski definition) is 1. The van der Waals surface area contributed by atoms with Gasteiger partial charge in [0.25, 0.3) is 0 Å². The predicted octanol–water partition coefficient (Wildman–Crippen LogP) is 1.64. The van der Waals surface area contributed by atoms with Crippen molar-refractivity contribution in [1.82, 2.24) is 4.90 Å². The van der Waals surface area contributed by atoms with Gasteiger partial charge in [0.05, 0.1) is 0 Å². The summed E-state index contributed by atoms with van der Waals surface area (Å²) in [6, 6.07) is 0. The molecule has 0 spiro atoms. The van der Waals surface area contributed by atoms with Crippen molar-refractivity contribution in [3.05, 3.63) is 0 Å². The molecule has 0 bridgehead atoms. The number of hydrogen-bond donors (Lipinski definition) is 0. The second kappa shape index (κ2) is 5.71. The Morgan fingerprint density at radius 1 is 1.50 bits per heavy atom. The van der Waals surface area contributed by atoms with Crippen LogP contribution in [0.4, 0.5) is 0 Å². The van der Waals surface area contributed by atoms with E-state index >= 15 is 0 Å². The lowest BCUT2D eigenvalue weighted by molar-refractivity contribution is -0.128. The lowest BCUT2D eigenvalue weighted by Gasteiger charge is -2.18. The van der Waals surface area contributed by atoms with Crippen LogP contribution >= 0.6 is 15.9 Å². The first-order valence-electron chi connectivity index (χ1n) is 3.53. The Hall–Kier alpha value is -0.0500. The van der Waals surface area contributed by atoms with E-state index in [2.05, 4.69) is 22.9 Å². The summed E-state index contributed by atoms with van der Waals surface area (Å²) in [6.45, 7) is 5.38. The van der Waals surface area contributed by atoms with Gasteiger partial charge in [0.2, 0.25) is 5.91 Å². The first-order valence-corrected chi connectivity index (χ1v) is 4.66. The number of nitrogens with zero attached hydrogens (tertiary/aromatic N) is 1. The smallest absolute Gasteiger partial charge is 0.219 e. The van der Waals surface area contributed by atoms with Crippen molar-refractivity contribution in [2.45, 2.75) is 20.3 Å². The summed E-state index contributed by atoms with van der Waals surface area (Å²) in [4.78, 5) is 12.7. The number of carbonyl (C=O) groups excluding carboxylic acids is 1. The summed E-state index contributed by atoms with van der Waals surface area (Å²) in [5.41, 5.74) is 0. The maximum atomic E-state index is 10.8. The predicted molar refractivity (Wildman–Crippen MR) is 46.3 cm³/mol. The van der Waals surface area contributed by atoms with Gasteiger partial charge < -0.3 is 4.90 Å². The van der Waals surface area contributed by atoms with Gasteiger partial charge in [0, 0.05) is 25.3 Å². The highest BCUT2D eigenvalue weighted by Gasteiger charge is 2.04. The number of amides is 1. The minimum atomic E-state index is 0.168. The number of rotatable bonds is 4. The highest BCUT2D eigenvalue weighted by Crippen LogP contribution is 1.93. The lowest BCUT2D eigenvalue weighted by atomic mass is 10.4. The Kier molecular flexibility index (Phi) is 5.69. The standard InChI is InChI=1S/C7H14BrNO/c1-3-5-9(6-4-8)7(2)10/h3-6H2,1-2H3. The molecule has 0 fully saturated rings. The van der Waals surface area contributed by atoms with E-state index in [4.69, 9.17) is 0 Å². The molecule has 0 aromatic carbocycles. The van der Waals surface area contributed by atoms with Gasteiger partial charge in [-0.2, -0.15) is 0 Å². The molecule has 0 N–H and O–H groups in total. The van der Waals surface area contributed by atoms with E-state index < -0.39 is 0 Å². The summed E-state index contributed by atoms with van der Waals surface area (Å²) in [7, 11) is 0. The Morgan fingerprint density at radius 2 is 2.10 bits per heavy atom. The zero-order valence-electron chi connectivity index (χ0n) is 6.56. The largest absolute Gasteiger partial charge is 0.342 e. The molecule has 0 aromatic heterocycles. The molecule has 60 valence electrons. The van der Waals surface area contributed by atoms with Crippen molar-refractivity contribution in [1.29, 1.82) is 0 Å². The monoisotopic (exact) mass is 207 g/mol. The van der Waals surface area contributed by atoms with Gasteiger partial charge in [0.15, 0.2) is 0 Å². The molecule has 3 heteroatoms. The molecule has 0 radical (unpaired) electrons. The summed E-state index contributed by atoms with van der Waals surface area (Å²) in [6.07, 6.45) is 1.03. The van der Waals surface area contributed by atoms with Crippen molar-refractivity contribution in [3.63, 3.8) is 0 Å². The SMILES string of the molecule is CCCN(CCBr)C(C)=O. The molecule has 2 nitrogen and oxygen atoms in total. The van der Waals surface area contributed by atoms with E-state index in [0.717, 1.165) is 24.8 Å². The van der Waals surface area contributed by atoms with Crippen molar-refractivity contribution in [2.24, 2.45) is 0 Å². The molecule has 0 aliphatic carbocycles. The van der Waals surface area contributed by atoms with E-state index in [1.807, 2.05) is 4.90 Å². The van der Waals surface area contributed by atoms with Gasteiger partial charge in [-0.15, -0.1) is 0 Å². The Balaban J connectivity index is 3.61. The number of halogens is 1. The molecule has 0 rings (SSSR count). The zero-order valence-corrected chi connectivity index (χ0v) is 8.15. The highest BCUT2D eigenvalue weighted by atomic mass is 79.9. The molecule has 0 unspecified atom stereocenters. The molecule has 0 saturated heterocycles. The third kappa shape index (κ3) is 3.88. The van der Waals surface area contributed by atoms with Crippen LogP contribution in [-0.2, 0) is 4.79 Å². The topological polar surface area (TPSA) is 20.3 Å². The third-order valence-corrected chi connectivity index (χ3v) is 1.65. The molecule has 0 heterocycles. The van der Waals surface area contributed by atoms with Crippen molar-refractivity contribution in [3.8, 4) is 0 Å². The van der Waals surface area contributed by atoms with Crippen LogP contribution in [-0.4, -0.2) is 29.2 Å². The molecule has 0 aliphatic heterocycles. The average molecular weight is 208 g/mol. The summed E-state index contributed by atoms with van der Waals surface area (Å²) in [5, 5.41) is 0.868. The fourth-order valence-corrected chi connectivity index (χ4v) is 1.23. The first-order chi connectivity index (χ1) is 4.72. The summed E-state index contributed by atoms with van der Waals surface area (Å²) >= 11 is 3.29. The Bertz CT molecular complexity index is 99.8. The van der Waals surface area contributed by atoms with Crippen LogP contribution in [0.1, 0.15) is 20.3 Å². The summed E-state index contributed by atoms with van der Waals surface area (Å²) in [5.74, 6) is 0.168. The second-order valence-electron chi connectivity index (χ2n) is 2.20. The van der Waals surface area contributed by atoms with Crippen LogP contribution in [0.25, 0.3) is 0 Å². The van der Waals surface area contributed by atoms with Crippen LogP contribution in [0.5, 0.6) is 0 Å². The van der Waals surface area contributed by atoms with Crippen molar-refractivity contribution < 1.29 is 4.79 Å². The maximum absolute atomic E-state index is 10.8. The van der Waals surface area contributed by atoms with E-state index in [1.54, 1.807) is 6.92 Å². The maximum Gasteiger partial charge on any atom is 0.219 e. The minimum Gasteiger partial charge on any atom is -0.342 e.